The van der Waals surface area contributed by atoms with Crippen LogP contribution in [0.3, 0.4) is 0 Å². The smallest absolute Gasteiger partial charge is 0.270 e. The molecule has 130 valence electrons. The molecular formula is C21H19N3O2. The zero-order valence-electron chi connectivity index (χ0n) is 14.2. The van der Waals surface area contributed by atoms with Gasteiger partial charge in [0.1, 0.15) is 11.4 Å². The Morgan fingerprint density at radius 1 is 1.08 bits per heavy atom. The molecule has 0 spiro atoms. The van der Waals surface area contributed by atoms with E-state index in [0.717, 1.165) is 17.1 Å². The molecule has 5 nitrogen and oxygen atoms in total. The van der Waals surface area contributed by atoms with E-state index in [1.807, 2.05) is 54.6 Å². The number of nitrogens with zero attached hydrogens (tertiary/aromatic N) is 1. The van der Waals surface area contributed by atoms with Crippen LogP contribution in [-0.2, 0) is 0 Å². The summed E-state index contributed by atoms with van der Waals surface area (Å²) < 4.78 is 5.94. The lowest BCUT2D eigenvalue weighted by atomic mass is 10.2. The maximum atomic E-state index is 12.0. The van der Waals surface area contributed by atoms with Gasteiger partial charge in [-0.3, -0.25) is 9.78 Å². The summed E-state index contributed by atoms with van der Waals surface area (Å²) in [5, 5.41) is 5.99. The molecule has 3 aromatic rings. The third kappa shape index (κ3) is 4.48. The molecule has 0 bridgehead atoms. The first-order valence-electron chi connectivity index (χ1n) is 8.20. The van der Waals surface area contributed by atoms with E-state index >= 15 is 0 Å². The third-order valence-corrected chi connectivity index (χ3v) is 3.54. The molecule has 0 aliphatic heterocycles. The minimum absolute atomic E-state index is 0.248. The molecule has 1 amide bonds. The fourth-order valence-corrected chi connectivity index (χ4v) is 2.32. The molecule has 1 heterocycles. The van der Waals surface area contributed by atoms with Crippen molar-refractivity contribution >= 4 is 17.3 Å². The summed E-state index contributed by atoms with van der Waals surface area (Å²) in [5.74, 6) is 1.19. The topological polar surface area (TPSA) is 63.2 Å². The summed E-state index contributed by atoms with van der Waals surface area (Å²) in [6.07, 6.45) is 3.21. The van der Waals surface area contributed by atoms with E-state index in [1.54, 1.807) is 24.4 Å². The summed E-state index contributed by atoms with van der Waals surface area (Å²) in [4.78, 5) is 16.1. The summed E-state index contributed by atoms with van der Waals surface area (Å²) in [5.41, 5.74) is 1.87. The first-order valence-corrected chi connectivity index (χ1v) is 8.20. The van der Waals surface area contributed by atoms with Crippen molar-refractivity contribution in [2.45, 2.75) is 0 Å². The molecule has 0 saturated heterocycles. The highest BCUT2D eigenvalue weighted by molar-refractivity contribution is 5.93. The Balaban J connectivity index is 1.79. The number of carbonyl (C=O) groups is 1. The predicted octanol–water partition coefficient (Wildman–Crippen LogP) is 4.53. The van der Waals surface area contributed by atoms with Crippen molar-refractivity contribution in [3.8, 4) is 11.5 Å². The highest BCUT2D eigenvalue weighted by Crippen LogP contribution is 2.31. The number of benzene rings is 2. The van der Waals surface area contributed by atoms with Crippen molar-refractivity contribution in [1.29, 1.82) is 0 Å². The van der Waals surface area contributed by atoms with Gasteiger partial charge in [0.05, 0.1) is 5.69 Å². The highest BCUT2D eigenvalue weighted by atomic mass is 16.5. The predicted molar refractivity (Wildman–Crippen MR) is 103 cm³/mol. The van der Waals surface area contributed by atoms with Gasteiger partial charge in [0.15, 0.2) is 5.75 Å². The van der Waals surface area contributed by atoms with Crippen LogP contribution in [-0.4, -0.2) is 17.4 Å². The summed E-state index contributed by atoms with van der Waals surface area (Å²) in [6.45, 7) is 3.98. The molecule has 2 N–H and O–H groups in total. The molecule has 26 heavy (non-hydrogen) atoms. The van der Waals surface area contributed by atoms with Crippen LogP contribution in [0.2, 0.25) is 0 Å². The Labute approximate surface area is 152 Å². The van der Waals surface area contributed by atoms with E-state index in [4.69, 9.17) is 4.74 Å². The number of ether oxygens (including phenoxy) is 1. The van der Waals surface area contributed by atoms with E-state index < -0.39 is 0 Å². The van der Waals surface area contributed by atoms with Gasteiger partial charge < -0.3 is 15.4 Å². The Hall–Kier alpha value is -3.60. The Kier molecular flexibility index (Phi) is 5.62. The Bertz CT molecular complexity index is 895. The number of anilines is 2. The maximum Gasteiger partial charge on any atom is 0.270 e. The van der Waals surface area contributed by atoms with Crippen LogP contribution in [0.5, 0.6) is 11.5 Å². The van der Waals surface area contributed by atoms with Gasteiger partial charge in [-0.25, -0.2) is 0 Å². The second-order valence-corrected chi connectivity index (χ2v) is 5.46. The molecule has 2 aromatic carbocycles. The lowest BCUT2D eigenvalue weighted by Gasteiger charge is -2.13. The third-order valence-electron chi connectivity index (χ3n) is 3.54. The number of hydrogen-bond acceptors (Lipinski definition) is 4. The number of para-hydroxylation sites is 3. The molecule has 3 rings (SSSR count). The fourth-order valence-electron chi connectivity index (χ4n) is 2.32. The van der Waals surface area contributed by atoms with Gasteiger partial charge in [0.2, 0.25) is 0 Å². The van der Waals surface area contributed by atoms with E-state index in [2.05, 4.69) is 22.2 Å². The molecule has 0 atom stereocenters. The van der Waals surface area contributed by atoms with Crippen molar-refractivity contribution in [3.05, 3.63) is 91.3 Å². The molecular weight excluding hydrogens is 326 g/mol. The maximum absolute atomic E-state index is 12.0. The zero-order chi connectivity index (χ0) is 18.2. The standard InChI is InChI=1S/C21H19N3O2/c1-2-13-23-21(25)19-15-16(12-14-22-19)24-18-10-6-7-11-20(18)26-17-8-4-3-5-9-17/h2-12,14-15H,1,13H2,(H,22,24)(H,23,25). The number of amides is 1. The molecule has 0 saturated carbocycles. The lowest BCUT2D eigenvalue weighted by Crippen LogP contribution is -2.24. The quantitative estimate of drug-likeness (QED) is 0.617. The molecule has 0 radical (unpaired) electrons. The van der Waals surface area contributed by atoms with Gasteiger partial charge in [0.25, 0.3) is 5.91 Å². The van der Waals surface area contributed by atoms with Crippen molar-refractivity contribution < 1.29 is 9.53 Å². The fraction of sp³-hybridized carbons (Fsp3) is 0.0476. The molecule has 0 fully saturated rings. The Morgan fingerprint density at radius 2 is 1.85 bits per heavy atom. The summed E-state index contributed by atoms with van der Waals surface area (Å²) in [7, 11) is 0. The van der Waals surface area contributed by atoms with Gasteiger partial charge in [-0.15, -0.1) is 6.58 Å². The van der Waals surface area contributed by atoms with Crippen LogP contribution < -0.4 is 15.4 Å². The van der Waals surface area contributed by atoms with Gasteiger partial charge in [-0.05, 0) is 36.4 Å². The SMILES string of the molecule is C=CCNC(=O)c1cc(Nc2ccccc2Oc2ccccc2)ccn1. The number of carbonyl (C=O) groups excluding carboxylic acids is 1. The minimum Gasteiger partial charge on any atom is -0.455 e. The number of pyridine rings is 1. The van der Waals surface area contributed by atoms with Crippen molar-refractivity contribution in [2.24, 2.45) is 0 Å². The van der Waals surface area contributed by atoms with Crippen molar-refractivity contribution in [3.63, 3.8) is 0 Å². The van der Waals surface area contributed by atoms with Crippen LogP contribution in [0.15, 0.2) is 85.6 Å². The van der Waals surface area contributed by atoms with Gasteiger partial charge in [-0.2, -0.15) is 0 Å². The first-order chi connectivity index (χ1) is 12.8. The second kappa shape index (κ2) is 8.48. The molecule has 0 aliphatic rings. The normalized spacial score (nSPS) is 10.0. The number of nitrogens with one attached hydrogen (secondary N) is 2. The number of hydrogen-bond donors (Lipinski definition) is 2. The van der Waals surface area contributed by atoms with Crippen LogP contribution in [0.1, 0.15) is 10.5 Å². The zero-order valence-corrected chi connectivity index (χ0v) is 14.2. The van der Waals surface area contributed by atoms with E-state index in [1.165, 1.54) is 0 Å². The molecule has 0 aliphatic carbocycles. The number of aromatic nitrogens is 1. The van der Waals surface area contributed by atoms with E-state index in [-0.39, 0.29) is 5.91 Å². The minimum atomic E-state index is -0.248. The Morgan fingerprint density at radius 3 is 2.65 bits per heavy atom. The van der Waals surface area contributed by atoms with Gasteiger partial charge >= 0.3 is 0 Å². The number of rotatable bonds is 7. The largest absolute Gasteiger partial charge is 0.455 e. The average molecular weight is 345 g/mol. The van der Waals surface area contributed by atoms with Crippen LogP contribution in [0, 0.1) is 0 Å². The van der Waals surface area contributed by atoms with Gasteiger partial charge in [-0.1, -0.05) is 36.4 Å². The van der Waals surface area contributed by atoms with Crippen LogP contribution in [0.25, 0.3) is 0 Å². The van der Waals surface area contributed by atoms with E-state index in [0.29, 0.717) is 18.0 Å². The first kappa shape index (κ1) is 17.2. The average Bonchev–Trinajstić information content (AvgIpc) is 2.69. The molecule has 1 aromatic heterocycles. The lowest BCUT2D eigenvalue weighted by molar-refractivity contribution is 0.0953. The second-order valence-electron chi connectivity index (χ2n) is 5.46. The van der Waals surface area contributed by atoms with Crippen molar-refractivity contribution in [2.75, 3.05) is 11.9 Å². The van der Waals surface area contributed by atoms with Crippen LogP contribution >= 0.6 is 0 Å². The monoisotopic (exact) mass is 345 g/mol. The van der Waals surface area contributed by atoms with Crippen LogP contribution in [0.4, 0.5) is 11.4 Å². The molecule has 5 heteroatoms. The summed E-state index contributed by atoms with van der Waals surface area (Å²) >= 11 is 0. The van der Waals surface area contributed by atoms with Crippen molar-refractivity contribution in [1.82, 2.24) is 10.3 Å². The summed E-state index contributed by atoms with van der Waals surface area (Å²) in [6, 6.07) is 20.7. The molecule has 0 unspecified atom stereocenters. The van der Waals surface area contributed by atoms with Gasteiger partial charge in [0, 0.05) is 18.4 Å². The highest BCUT2D eigenvalue weighted by Gasteiger charge is 2.09. The van der Waals surface area contributed by atoms with E-state index in [9.17, 15) is 4.79 Å².